The van der Waals surface area contributed by atoms with E-state index in [0.717, 1.165) is 74.0 Å². The van der Waals surface area contributed by atoms with Crippen LogP contribution in [0.1, 0.15) is 93.4 Å². The summed E-state index contributed by atoms with van der Waals surface area (Å²) in [5.74, 6) is -1.16. The molecule has 0 N–H and O–H groups in total. The van der Waals surface area contributed by atoms with Crippen LogP contribution in [0.5, 0.6) is 0 Å². The largest absolute Gasteiger partial charge is 0.500 e. The zero-order valence-electron chi connectivity index (χ0n) is 38.3. The van der Waals surface area contributed by atoms with Gasteiger partial charge in [0.2, 0.25) is 0 Å². The van der Waals surface area contributed by atoms with Gasteiger partial charge in [0.25, 0.3) is 0 Å². The molecule has 3 nitrogen and oxygen atoms in total. The Morgan fingerprint density at radius 2 is 1.50 bits per heavy atom. The van der Waals surface area contributed by atoms with Crippen molar-refractivity contribution >= 4 is 56.7 Å². The van der Waals surface area contributed by atoms with Gasteiger partial charge in [-0.1, -0.05) is 144 Å². The Balaban J connectivity index is 0.000000190. The van der Waals surface area contributed by atoms with Crippen LogP contribution in [-0.4, -0.2) is 18.0 Å². The van der Waals surface area contributed by atoms with Gasteiger partial charge in [-0.15, -0.1) is 47.5 Å². The minimum absolute atomic E-state index is 0. The van der Waals surface area contributed by atoms with Gasteiger partial charge in [-0.05, 0) is 80.3 Å². The second-order valence-electron chi connectivity index (χ2n) is 18.0. The fourth-order valence-corrected chi connectivity index (χ4v) is 10.0. The summed E-state index contributed by atoms with van der Waals surface area (Å²) in [5, 5.41) is 7.81. The fraction of sp³-hybridized carbons (Fsp3) is 0.308. The first-order valence-corrected chi connectivity index (χ1v) is 23.7. The zero-order chi connectivity index (χ0) is 43.3. The Morgan fingerprint density at radius 1 is 0.776 bits per heavy atom. The number of hydrogen-bond acceptors (Lipinski definition) is 3. The molecule has 1 fully saturated rings. The van der Waals surface area contributed by atoms with E-state index in [1.165, 1.54) is 23.0 Å². The van der Waals surface area contributed by atoms with Crippen molar-refractivity contribution in [1.82, 2.24) is 9.97 Å². The Kier molecular flexibility index (Phi) is 9.15. The van der Waals surface area contributed by atoms with Gasteiger partial charge in [0.1, 0.15) is 5.58 Å². The molecule has 3 aromatic heterocycles. The van der Waals surface area contributed by atoms with Crippen molar-refractivity contribution in [2.45, 2.75) is 103 Å². The third-order valence-electron chi connectivity index (χ3n) is 13.1. The summed E-state index contributed by atoms with van der Waals surface area (Å²) in [6.45, 7) is 13.6. The van der Waals surface area contributed by atoms with Crippen molar-refractivity contribution in [2.75, 3.05) is 0 Å². The van der Waals surface area contributed by atoms with E-state index in [0.29, 0.717) is 35.2 Å². The smallest absolute Gasteiger partial charge is 0.129 e. The number of aromatic nitrogens is 2. The maximum Gasteiger partial charge on any atom is 0.129 e. The van der Waals surface area contributed by atoms with Crippen molar-refractivity contribution < 1.29 is 34.4 Å². The zero-order valence-corrected chi connectivity index (χ0v) is 37.7. The summed E-state index contributed by atoms with van der Waals surface area (Å²) in [4.78, 5) is 9.40. The third kappa shape index (κ3) is 6.66. The molecule has 10 rings (SSSR count). The number of rotatable bonds is 3. The first kappa shape index (κ1) is 35.5. The molecule has 5 aromatic carbocycles. The second kappa shape index (κ2) is 15.0. The van der Waals surface area contributed by atoms with Crippen LogP contribution in [0.15, 0.2) is 102 Å². The van der Waals surface area contributed by atoms with Gasteiger partial charge in [-0.2, -0.15) is 0 Å². The molecule has 6 heteroatoms. The Hall–Kier alpha value is -4.48. The van der Waals surface area contributed by atoms with E-state index in [-0.39, 0.29) is 42.3 Å². The normalized spacial score (nSPS) is 17.9. The molecule has 0 aliphatic heterocycles. The van der Waals surface area contributed by atoms with Crippen molar-refractivity contribution in [1.29, 1.82) is 0 Å². The average molecular weight is 963 g/mol. The van der Waals surface area contributed by atoms with Gasteiger partial charge in [0.05, 0.1) is 13.7 Å². The molecule has 0 spiro atoms. The van der Waals surface area contributed by atoms with Gasteiger partial charge >= 0.3 is 0 Å². The van der Waals surface area contributed by atoms with E-state index in [1.807, 2.05) is 36.5 Å². The molecule has 0 amide bonds. The van der Waals surface area contributed by atoms with E-state index < -0.39 is 20.8 Å². The van der Waals surface area contributed by atoms with E-state index in [1.54, 1.807) is 6.07 Å². The SMILES string of the molecule is CC1(C)c2cc(F)c[c-]c2-c2ncc([Si](C)(C)C)cc2C1(C)C.[2H]C([2H])([2H])c1cnc(-c2[c-]ccc3c2oc2c3ccc3ccc4ccccc4c32)cc1C1([2H])CCCCC1.[Ir]. The summed E-state index contributed by atoms with van der Waals surface area (Å²) in [7, 11) is -1.43. The monoisotopic (exact) mass is 963 g/mol. The van der Waals surface area contributed by atoms with Crippen LogP contribution in [0, 0.1) is 24.8 Å². The van der Waals surface area contributed by atoms with E-state index in [2.05, 4.69) is 107 Å². The van der Waals surface area contributed by atoms with Crippen LogP contribution in [0.3, 0.4) is 0 Å². The average Bonchev–Trinajstić information content (AvgIpc) is 3.62. The van der Waals surface area contributed by atoms with Crippen LogP contribution in [0.2, 0.25) is 19.6 Å². The second-order valence-corrected chi connectivity index (χ2v) is 23.1. The number of fused-ring (bicyclic) bond motifs is 10. The van der Waals surface area contributed by atoms with Crippen molar-refractivity contribution in [2.24, 2.45) is 0 Å². The maximum absolute atomic E-state index is 13.8. The number of pyridine rings is 2. The van der Waals surface area contributed by atoms with Crippen LogP contribution in [0.25, 0.3) is 66.0 Å². The number of furan rings is 1. The van der Waals surface area contributed by atoms with E-state index >= 15 is 0 Å². The van der Waals surface area contributed by atoms with Gasteiger partial charge in [-0.3, -0.25) is 4.39 Å². The van der Waals surface area contributed by atoms with Crippen LogP contribution < -0.4 is 5.19 Å². The molecule has 297 valence electrons. The molecule has 2 aliphatic carbocycles. The van der Waals surface area contributed by atoms with Crippen molar-refractivity contribution in [3.8, 4) is 22.5 Å². The minimum Gasteiger partial charge on any atom is -0.500 e. The first-order valence-electron chi connectivity index (χ1n) is 22.2. The van der Waals surface area contributed by atoms with Crippen molar-refractivity contribution in [3.63, 3.8) is 0 Å². The molecule has 0 atom stereocenters. The summed E-state index contributed by atoms with van der Waals surface area (Å²) in [6.07, 6.45) is 7.69. The van der Waals surface area contributed by atoms with Crippen LogP contribution in [-0.2, 0) is 30.9 Å². The summed E-state index contributed by atoms with van der Waals surface area (Å²) < 4.78 is 54.1. The molecule has 8 aromatic rings. The minimum atomic E-state index is -2.33. The predicted molar refractivity (Wildman–Crippen MR) is 239 cm³/mol. The molecule has 58 heavy (non-hydrogen) atoms. The fourth-order valence-electron chi connectivity index (χ4n) is 8.99. The van der Waals surface area contributed by atoms with Gasteiger partial charge in [-0.25, -0.2) is 0 Å². The number of halogens is 1. The van der Waals surface area contributed by atoms with Crippen LogP contribution >= 0.6 is 0 Å². The Labute approximate surface area is 362 Å². The molecular formula is C52H51FIrN2OSi-2. The van der Waals surface area contributed by atoms with E-state index in [9.17, 15) is 5.76 Å². The van der Waals surface area contributed by atoms with Gasteiger partial charge in [0.15, 0.2) is 0 Å². The molecule has 2 aliphatic rings. The first-order chi connectivity index (χ1) is 28.8. The van der Waals surface area contributed by atoms with E-state index in [4.69, 9.17) is 13.5 Å². The summed E-state index contributed by atoms with van der Waals surface area (Å²) in [5.41, 5.74) is 7.36. The molecule has 1 radical (unpaired) electrons. The summed E-state index contributed by atoms with van der Waals surface area (Å²) >= 11 is 0. The number of nitrogens with zero attached hydrogens (tertiary/aromatic N) is 2. The number of benzene rings is 5. The quantitative estimate of drug-likeness (QED) is 0.101. The predicted octanol–water partition coefficient (Wildman–Crippen LogP) is 13.9. The molecule has 0 bridgehead atoms. The number of aryl methyl sites for hydroxylation is 1. The standard InChI is InChI=1S/C32H26NO.C20H25FNSi.Ir/c1-20-19-33-29(18-28(20)21-8-3-2-4-9-21)27-13-7-12-25-26-17-16-23-15-14-22-10-5-6-11-24(22)30(23)32(26)34-31(25)27;1-19(2)16-10-13(21)8-9-15(16)18-17(20(19,3)4)11-14(12-22-18)23(5,6)7;/h5-7,10-12,14-19,21H,2-4,8-9H2,1H3;8,10-12H,1-7H3;/q2*-1;/i1D3,21D;;. The topological polar surface area (TPSA) is 38.9 Å². The maximum atomic E-state index is 13.8. The van der Waals surface area contributed by atoms with Gasteiger partial charge in [0, 0.05) is 54.6 Å². The third-order valence-corrected chi connectivity index (χ3v) is 15.1. The molecule has 0 saturated heterocycles. The summed E-state index contributed by atoms with van der Waals surface area (Å²) in [6, 6.07) is 34.4. The van der Waals surface area contributed by atoms with Crippen molar-refractivity contribution in [3.05, 3.63) is 138 Å². The van der Waals surface area contributed by atoms with Crippen LogP contribution in [0.4, 0.5) is 4.39 Å². The molecule has 1 saturated carbocycles. The van der Waals surface area contributed by atoms with Gasteiger partial charge < -0.3 is 14.4 Å². The molecule has 0 unspecified atom stereocenters. The molecule has 3 heterocycles. The molecular weight excluding hydrogens is 908 g/mol. The number of hydrogen-bond donors (Lipinski definition) is 0. The Bertz CT molecular complexity index is 3030. The Morgan fingerprint density at radius 3 is 2.28 bits per heavy atom.